The molecule has 1 aromatic carbocycles. The average molecular weight is 328 g/mol. The van der Waals surface area contributed by atoms with Crippen LogP contribution in [0.2, 0.25) is 0 Å². The Morgan fingerprint density at radius 1 is 1.33 bits per heavy atom. The third-order valence-electron chi connectivity index (χ3n) is 4.75. The molecule has 0 bridgehead atoms. The second-order valence-corrected chi connectivity index (χ2v) is 6.82. The highest BCUT2D eigenvalue weighted by atomic mass is 16.3. The summed E-state index contributed by atoms with van der Waals surface area (Å²) < 4.78 is 5.75. The van der Waals surface area contributed by atoms with E-state index in [0.29, 0.717) is 25.4 Å². The molecule has 0 saturated carbocycles. The Morgan fingerprint density at radius 2 is 2.12 bits per heavy atom. The van der Waals surface area contributed by atoms with Crippen molar-refractivity contribution in [2.24, 2.45) is 0 Å². The summed E-state index contributed by atoms with van der Waals surface area (Å²) >= 11 is 0. The molecular formula is C17H20N4O3. The molecule has 0 aliphatic carbocycles. The van der Waals surface area contributed by atoms with Crippen LogP contribution in [0.5, 0.6) is 0 Å². The van der Waals surface area contributed by atoms with Gasteiger partial charge in [0.1, 0.15) is 11.1 Å². The van der Waals surface area contributed by atoms with E-state index >= 15 is 0 Å². The summed E-state index contributed by atoms with van der Waals surface area (Å²) in [6.07, 6.45) is 0.612. The van der Waals surface area contributed by atoms with Gasteiger partial charge in [0, 0.05) is 19.1 Å². The van der Waals surface area contributed by atoms with Crippen molar-refractivity contribution in [3.8, 4) is 0 Å². The fraction of sp³-hybridized carbons (Fsp3) is 0.471. The van der Waals surface area contributed by atoms with Gasteiger partial charge in [-0.15, -0.1) is 0 Å². The zero-order chi connectivity index (χ0) is 16.9. The zero-order valence-corrected chi connectivity index (χ0v) is 13.8. The van der Waals surface area contributed by atoms with Crippen molar-refractivity contribution in [1.82, 2.24) is 20.1 Å². The number of imide groups is 1. The normalized spacial score (nSPS) is 24.7. The van der Waals surface area contributed by atoms with Gasteiger partial charge in [0.25, 0.3) is 5.91 Å². The van der Waals surface area contributed by atoms with E-state index in [0.717, 1.165) is 17.6 Å². The zero-order valence-electron chi connectivity index (χ0n) is 13.8. The predicted molar refractivity (Wildman–Crippen MR) is 87.1 cm³/mol. The molecular weight excluding hydrogens is 308 g/mol. The molecule has 1 spiro atoms. The largest absolute Gasteiger partial charge is 0.439 e. The molecule has 1 aromatic heterocycles. The van der Waals surface area contributed by atoms with Crippen molar-refractivity contribution >= 4 is 23.0 Å². The number of aromatic nitrogens is 1. The van der Waals surface area contributed by atoms with E-state index in [1.165, 1.54) is 4.90 Å². The second kappa shape index (κ2) is 5.31. The smallest absolute Gasteiger partial charge is 0.325 e. The van der Waals surface area contributed by atoms with Gasteiger partial charge >= 0.3 is 6.03 Å². The summed E-state index contributed by atoms with van der Waals surface area (Å²) in [6, 6.07) is 7.21. The maximum atomic E-state index is 12.7. The number of para-hydroxylation sites is 2. The number of amides is 3. The van der Waals surface area contributed by atoms with E-state index in [9.17, 15) is 9.59 Å². The van der Waals surface area contributed by atoms with Gasteiger partial charge in [-0.2, -0.15) is 0 Å². The van der Waals surface area contributed by atoms with Gasteiger partial charge in [-0.25, -0.2) is 9.78 Å². The van der Waals surface area contributed by atoms with Gasteiger partial charge < -0.3 is 9.73 Å². The molecule has 1 N–H and O–H groups in total. The number of urea groups is 1. The lowest BCUT2D eigenvalue weighted by Gasteiger charge is -2.22. The number of fused-ring (bicyclic) bond motifs is 1. The van der Waals surface area contributed by atoms with Crippen LogP contribution in [0, 0.1) is 0 Å². The maximum Gasteiger partial charge on any atom is 0.325 e. The first kappa shape index (κ1) is 15.1. The Morgan fingerprint density at radius 3 is 2.83 bits per heavy atom. The Bertz CT molecular complexity index is 782. The minimum absolute atomic E-state index is 0.123. The molecule has 1 atom stereocenters. The number of hydrogen-bond acceptors (Lipinski definition) is 5. The van der Waals surface area contributed by atoms with Gasteiger partial charge in [0.2, 0.25) is 5.89 Å². The van der Waals surface area contributed by atoms with Crippen molar-refractivity contribution in [2.75, 3.05) is 13.1 Å². The van der Waals surface area contributed by atoms with Crippen LogP contribution in [0.4, 0.5) is 4.79 Å². The van der Waals surface area contributed by atoms with Crippen LogP contribution >= 0.6 is 0 Å². The van der Waals surface area contributed by atoms with Crippen LogP contribution in [0.3, 0.4) is 0 Å². The quantitative estimate of drug-likeness (QED) is 0.868. The molecule has 2 aliphatic rings. The van der Waals surface area contributed by atoms with Crippen LogP contribution < -0.4 is 5.32 Å². The number of nitrogens with zero attached hydrogens (tertiary/aromatic N) is 3. The van der Waals surface area contributed by atoms with Crippen molar-refractivity contribution in [3.05, 3.63) is 30.2 Å². The van der Waals surface area contributed by atoms with Crippen LogP contribution in [-0.4, -0.2) is 51.4 Å². The molecule has 126 valence electrons. The first-order valence-corrected chi connectivity index (χ1v) is 8.21. The Labute approximate surface area is 139 Å². The lowest BCUT2D eigenvalue weighted by Crippen LogP contribution is -2.49. The Hall–Kier alpha value is -2.41. The Kier molecular flexibility index (Phi) is 3.35. The van der Waals surface area contributed by atoms with E-state index in [-0.39, 0.29) is 18.0 Å². The second-order valence-electron chi connectivity index (χ2n) is 6.82. The average Bonchev–Trinajstić information content (AvgIpc) is 3.17. The monoisotopic (exact) mass is 328 g/mol. The lowest BCUT2D eigenvalue weighted by molar-refractivity contribution is -0.132. The van der Waals surface area contributed by atoms with E-state index in [1.807, 2.05) is 38.1 Å². The van der Waals surface area contributed by atoms with Crippen molar-refractivity contribution < 1.29 is 14.0 Å². The number of oxazole rings is 1. The van der Waals surface area contributed by atoms with Crippen molar-refractivity contribution in [3.63, 3.8) is 0 Å². The van der Waals surface area contributed by atoms with E-state index < -0.39 is 5.54 Å². The van der Waals surface area contributed by atoms with Crippen LogP contribution in [0.15, 0.2) is 28.7 Å². The molecule has 7 heteroatoms. The molecule has 2 fully saturated rings. The lowest BCUT2D eigenvalue weighted by atomic mass is 9.99. The predicted octanol–water partition coefficient (Wildman–Crippen LogP) is 1.73. The molecule has 2 saturated heterocycles. The molecule has 2 aliphatic heterocycles. The highest BCUT2D eigenvalue weighted by molar-refractivity contribution is 6.07. The molecule has 3 amide bonds. The van der Waals surface area contributed by atoms with Gasteiger partial charge in [0.05, 0.1) is 6.54 Å². The molecule has 7 nitrogen and oxygen atoms in total. The fourth-order valence-corrected chi connectivity index (χ4v) is 3.59. The van der Waals surface area contributed by atoms with Crippen LogP contribution in [0.25, 0.3) is 11.1 Å². The van der Waals surface area contributed by atoms with Gasteiger partial charge in [-0.3, -0.25) is 14.6 Å². The van der Waals surface area contributed by atoms with Gasteiger partial charge in [0.15, 0.2) is 5.58 Å². The van der Waals surface area contributed by atoms with Crippen molar-refractivity contribution in [2.45, 2.75) is 38.4 Å². The third-order valence-corrected chi connectivity index (χ3v) is 4.75. The molecule has 0 radical (unpaired) electrons. The first-order valence-electron chi connectivity index (χ1n) is 8.21. The highest BCUT2D eigenvalue weighted by Crippen LogP contribution is 2.30. The molecule has 4 rings (SSSR count). The summed E-state index contributed by atoms with van der Waals surface area (Å²) in [5, 5.41) is 2.90. The fourth-order valence-electron chi connectivity index (χ4n) is 3.59. The summed E-state index contributed by atoms with van der Waals surface area (Å²) in [4.78, 5) is 32.7. The number of carbonyl (C=O) groups is 2. The van der Waals surface area contributed by atoms with Gasteiger partial charge in [-0.1, -0.05) is 12.1 Å². The van der Waals surface area contributed by atoms with E-state index in [4.69, 9.17) is 4.42 Å². The molecule has 0 unspecified atom stereocenters. The number of benzene rings is 1. The topological polar surface area (TPSA) is 78.7 Å². The summed E-state index contributed by atoms with van der Waals surface area (Å²) in [5.74, 6) is 0.508. The summed E-state index contributed by atoms with van der Waals surface area (Å²) in [6.45, 7) is 5.43. The molecule has 2 aromatic rings. The Balaban J connectivity index is 1.50. The highest BCUT2D eigenvalue weighted by Gasteiger charge is 2.55. The van der Waals surface area contributed by atoms with E-state index in [2.05, 4.69) is 15.2 Å². The molecule has 24 heavy (non-hydrogen) atoms. The summed E-state index contributed by atoms with van der Waals surface area (Å²) in [7, 11) is 0. The van der Waals surface area contributed by atoms with E-state index in [1.54, 1.807) is 0 Å². The van der Waals surface area contributed by atoms with Crippen LogP contribution in [-0.2, 0) is 11.3 Å². The number of hydrogen-bond donors (Lipinski definition) is 1. The maximum absolute atomic E-state index is 12.7. The van der Waals surface area contributed by atoms with Gasteiger partial charge in [-0.05, 0) is 32.4 Å². The molecule has 3 heterocycles. The number of carbonyl (C=O) groups excluding carboxylic acids is 2. The number of likely N-dealkylation sites (tertiary alicyclic amines) is 1. The standard InChI is InChI=1S/C17H20N4O3/c1-11(2)21-15(22)17(19-16(21)23)7-8-20(10-17)9-14-18-12-5-3-4-6-13(12)24-14/h3-6,11H,7-10H2,1-2H3,(H,19,23)/t17-/m0/s1. The minimum atomic E-state index is -0.798. The SMILES string of the molecule is CC(C)N1C(=O)N[C@]2(CCN(Cc3nc4ccccc4o3)C2)C1=O. The number of nitrogens with one attached hydrogen (secondary N) is 1. The first-order chi connectivity index (χ1) is 11.5. The van der Waals surface area contributed by atoms with Crippen LogP contribution in [0.1, 0.15) is 26.2 Å². The van der Waals surface area contributed by atoms with Crippen molar-refractivity contribution in [1.29, 1.82) is 0 Å². The summed E-state index contributed by atoms with van der Waals surface area (Å²) in [5.41, 5.74) is 0.795. The minimum Gasteiger partial charge on any atom is -0.439 e. The third kappa shape index (κ3) is 2.27. The number of rotatable bonds is 3.